The van der Waals surface area contributed by atoms with Gasteiger partial charge in [-0.1, -0.05) is 30.3 Å². The predicted molar refractivity (Wildman–Crippen MR) is 75.5 cm³/mol. The second-order valence-corrected chi connectivity index (χ2v) is 5.29. The average Bonchev–Trinajstić information content (AvgIpc) is 3.03. The Bertz CT molecular complexity index is 845. The van der Waals surface area contributed by atoms with E-state index in [-0.39, 0.29) is 0 Å². The standard InChI is InChI=1S/C17H12F5N2/c18-13-12(14(19)16(21)17(22)15(13)20)9-24-7-6-23(10-24)8-11-4-2-1-3-5-11/h1-7,10H,8-9H2/q+1. The first-order valence-corrected chi connectivity index (χ1v) is 7.06. The molecule has 0 N–H and O–H groups in total. The molecule has 0 radical (unpaired) electrons. The lowest BCUT2D eigenvalue weighted by Gasteiger charge is -2.06. The minimum atomic E-state index is -2.15. The lowest BCUT2D eigenvalue weighted by atomic mass is 10.1. The molecule has 0 bridgehead atoms. The summed E-state index contributed by atoms with van der Waals surface area (Å²) in [5, 5.41) is 0. The van der Waals surface area contributed by atoms with Crippen LogP contribution in [0.2, 0.25) is 0 Å². The SMILES string of the molecule is Fc1c(F)c(F)c(Cn2cc[n+](Cc3ccccc3)c2)c(F)c1F. The van der Waals surface area contributed by atoms with Gasteiger partial charge in [0, 0.05) is 0 Å². The number of aromatic nitrogens is 2. The molecule has 0 amide bonds. The molecule has 1 aromatic heterocycles. The summed E-state index contributed by atoms with van der Waals surface area (Å²) in [6.45, 7) is 0.0541. The Morgan fingerprint density at radius 2 is 1.38 bits per heavy atom. The first-order valence-electron chi connectivity index (χ1n) is 7.06. The molecule has 3 aromatic rings. The van der Waals surface area contributed by atoms with Gasteiger partial charge in [-0.15, -0.1) is 0 Å². The highest BCUT2D eigenvalue weighted by Crippen LogP contribution is 2.23. The van der Waals surface area contributed by atoms with E-state index in [1.54, 1.807) is 10.8 Å². The van der Waals surface area contributed by atoms with E-state index in [0.717, 1.165) is 5.56 Å². The second kappa shape index (κ2) is 6.43. The van der Waals surface area contributed by atoms with Crippen molar-refractivity contribution in [3.05, 3.63) is 89.3 Å². The van der Waals surface area contributed by atoms with Gasteiger partial charge in [0.1, 0.15) is 25.5 Å². The van der Waals surface area contributed by atoms with Crippen LogP contribution in [0.4, 0.5) is 22.0 Å². The van der Waals surface area contributed by atoms with Crippen LogP contribution in [0, 0.1) is 29.1 Å². The normalized spacial score (nSPS) is 11.0. The van der Waals surface area contributed by atoms with Crippen LogP contribution in [0.25, 0.3) is 0 Å². The predicted octanol–water partition coefficient (Wildman–Crippen LogP) is 3.57. The van der Waals surface area contributed by atoms with Gasteiger partial charge in [0.2, 0.25) is 12.1 Å². The fourth-order valence-electron chi connectivity index (χ4n) is 2.39. The molecule has 0 spiro atoms. The molecule has 0 saturated carbocycles. The van der Waals surface area contributed by atoms with E-state index in [4.69, 9.17) is 0 Å². The van der Waals surface area contributed by atoms with Crippen LogP contribution in [0.15, 0.2) is 49.1 Å². The van der Waals surface area contributed by atoms with Crippen molar-refractivity contribution in [2.45, 2.75) is 13.1 Å². The minimum Gasteiger partial charge on any atom is -0.233 e. The Balaban J connectivity index is 1.86. The molecule has 0 aliphatic heterocycles. The maximum Gasteiger partial charge on any atom is 0.244 e. The smallest absolute Gasteiger partial charge is 0.233 e. The van der Waals surface area contributed by atoms with Crippen molar-refractivity contribution in [3.8, 4) is 0 Å². The van der Waals surface area contributed by atoms with E-state index in [0.29, 0.717) is 6.54 Å². The fraction of sp³-hybridized carbons (Fsp3) is 0.118. The van der Waals surface area contributed by atoms with Crippen molar-refractivity contribution in [2.75, 3.05) is 0 Å². The maximum absolute atomic E-state index is 13.7. The molecule has 1 heterocycles. The molecule has 0 aliphatic rings. The van der Waals surface area contributed by atoms with Crippen LogP contribution >= 0.6 is 0 Å². The maximum atomic E-state index is 13.7. The van der Waals surface area contributed by atoms with Gasteiger partial charge in [0.25, 0.3) is 0 Å². The Hall–Kier alpha value is -2.70. The van der Waals surface area contributed by atoms with Gasteiger partial charge in [-0.3, -0.25) is 0 Å². The second-order valence-electron chi connectivity index (χ2n) is 5.29. The number of benzene rings is 2. The molecule has 24 heavy (non-hydrogen) atoms. The zero-order chi connectivity index (χ0) is 17.3. The summed E-state index contributed by atoms with van der Waals surface area (Å²) in [4.78, 5) is 0. The molecule has 2 aromatic carbocycles. The summed E-state index contributed by atoms with van der Waals surface area (Å²) < 4.78 is 70.0. The molecule has 2 nitrogen and oxygen atoms in total. The molecule has 7 heteroatoms. The fourth-order valence-corrected chi connectivity index (χ4v) is 2.39. The van der Waals surface area contributed by atoms with Crippen LogP contribution in [0.5, 0.6) is 0 Å². The van der Waals surface area contributed by atoms with E-state index in [9.17, 15) is 22.0 Å². The van der Waals surface area contributed by atoms with Crippen molar-refractivity contribution in [1.82, 2.24) is 4.57 Å². The van der Waals surface area contributed by atoms with Gasteiger partial charge in [0.15, 0.2) is 23.3 Å². The molecular weight excluding hydrogens is 327 g/mol. The van der Waals surface area contributed by atoms with Crippen LogP contribution in [-0.2, 0) is 13.1 Å². The lowest BCUT2D eigenvalue weighted by Crippen LogP contribution is -2.31. The minimum absolute atomic E-state index is 0.465. The van der Waals surface area contributed by atoms with E-state index < -0.39 is 41.2 Å². The third-order valence-electron chi connectivity index (χ3n) is 3.60. The van der Waals surface area contributed by atoms with Gasteiger partial charge in [-0.05, 0) is 5.56 Å². The Labute approximate surface area is 134 Å². The Kier molecular flexibility index (Phi) is 4.33. The van der Waals surface area contributed by atoms with Gasteiger partial charge in [-0.25, -0.2) is 31.1 Å². The van der Waals surface area contributed by atoms with E-state index in [1.807, 2.05) is 30.3 Å². The molecule has 124 valence electrons. The number of hydrogen-bond donors (Lipinski definition) is 0. The van der Waals surface area contributed by atoms with Gasteiger partial charge in [0.05, 0.1) is 5.56 Å². The molecule has 3 rings (SSSR count). The van der Waals surface area contributed by atoms with Gasteiger partial charge < -0.3 is 0 Å². The highest BCUT2D eigenvalue weighted by molar-refractivity contribution is 5.24. The number of hydrogen-bond acceptors (Lipinski definition) is 0. The largest absolute Gasteiger partial charge is 0.244 e. The van der Waals surface area contributed by atoms with Crippen LogP contribution in [0.1, 0.15) is 11.1 Å². The third kappa shape index (κ3) is 3.02. The number of imidazole rings is 1. The summed E-state index contributed by atoms with van der Waals surface area (Å²) in [5.41, 5.74) is 0.144. The summed E-state index contributed by atoms with van der Waals surface area (Å²) >= 11 is 0. The third-order valence-corrected chi connectivity index (χ3v) is 3.60. The molecule has 0 aliphatic carbocycles. The van der Waals surface area contributed by atoms with E-state index in [1.165, 1.54) is 17.1 Å². The molecule has 0 unspecified atom stereocenters. The summed E-state index contributed by atoms with van der Waals surface area (Å²) in [6, 6.07) is 9.45. The van der Waals surface area contributed by atoms with Crippen LogP contribution < -0.4 is 4.57 Å². The van der Waals surface area contributed by atoms with Gasteiger partial charge >= 0.3 is 0 Å². The van der Waals surface area contributed by atoms with E-state index in [2.05, 4.69) is 0 Å². The van der Waals surface area contributed by atoms with E-state index >= 15 is 0 Å². The van der Waals surface area contributed by atoms with Crippen molar-refractivity contribution < 1.29 is 26.5 Å². The topological polar surface area (TPSA) is 8.81 Å². The number of nitrogens with zero attached hydrogens (tertiary/aromatic N) is 2. The van der Waals surface area contributed by atoms with Gasteiger partial charge in [-0.2, -0.15) is 0 Å². The highest BCUT2D eigenvalue weighted by atomic mass is 19.2. The first-order chi connectivity index (χ1) is 11.5. The summed E-state index contributed by atoms with van der Waals surface area (Å²) in [7, 11) is 0. The quantitative estimate of drug-likeness (QED) is 0.297. The van der Waals surface area contributed by atoms with Crippen LogP contribution in [-0.4, -0.2) is 4.57 Å². The number of rotatable bonds is 4. The molecule has 0 saturated heterocycles. The first kappa shape index (κ1) is 16.2. The molecule has 0 fully saturated rings. The Morgan fingerprint density at radius 1 is 0.792 bits per heavy atom. The highest BCUT2D eigenvalue weighted by Gasteiger charge is 2.26. The zero-order valence-corrected chi connectivity index (χ0v) is 12.3. The molecular formula is C17H12F5N2+. The summed E-state index contributed by atoms with van der Waals surface area (Å²) in [5.74, 6) is -9.65. The van der Waals surface area contributed by atoms with Crippen molar-refractivity contribution >= 4 is 0 Å². The molecule has 0 atom stereocenters. The number of halogens is 5. The Morgan fingerprint density at radius 3 is 2.00 bits per heavy atom. The van der Waals surface area contributed by atoms with Crippen molar-refractivity contribution in [2.24, 2.45) is 0 Å². The lowest BCUT2D eigenvalue weighted by molar-refractivity contribution is -0.687. The zero-order valence-electron chi connectivity index (χ0n) is 12.3. The van der Waals surface area contributed by atoms with Crippen LogP contribution in [0.3, 0.4) is 0 Å². The average molecular weight is 339 g/mol. The van der Waals surface area contributed by atoms with Crippen molar-refractivity contribution in [1.29, 1.82) is 0 Å². The van der Waals surface area contributed by atoms with Crippen molar-refractivity contribution in [3.63, 3.8) is 0 Å². The monoisotopic (exact) mass is 339 g/mol. The summed E-state index contributed by atoms with van der Waals surface area (Å²) in [6.07, 6.45) is 4.69.